The molecule has 0 aliphatic heterocycles. The first-order valence-electron chi connectivity index (χ1n) is 7.93. The predicted molar refractivity (Wildman–Crippen MR) is 93.7 cm³/mol. The van der Waals surface area contributed by atoms with Crippen LogP contribution in [-0.4, -0.2) is 24.8 Å². The summed E-state index contributed by atoms with van der Waals surface area (Å²) in [5.74, 6) is -0.336. The number of rotatable bonds is 8. The van der Waals surface area contributed by atoms with E-state index in [9.17, 15) is 9.90 Å². The monoisotopic (exact) mass is 329 g/mol. The highest BCUT2D eigenvalue weighted by molar-refractivity contribution is 5.77. The van der Waals surface area contributed by atoms with Crippen LogP contribution in [0.15, 0.2) is 42.5 Å². The Kier molecular flexibility index (Phi) is 6.07. The third kappa shape index (κ3) is 4.19. The molecule has 0 radical (unpaired) electrons. The summed E-state index contributed by atoms with van der Waals surface area (Å²) in [7, 11) is 1.58. The van der Waals surface area contributed by atoms with Crippen molar-refractivity contribution in [2.45, 2.75) is 25.7 Å². The van der Waals surface area contributed by atoms with Gasteiger partial charge in [-0.1, -0.05) is 31.2 Å². The van der Waals surface area contributed by atoms with Gasteiger partial charge in [0.25, 0.3) is 0 Å². The molecule has 1 unspecified atom stereocenters. The highest BCUT2D eigenvalue weighted by atomic mass is 16.5. The van der Waals surface area contributed by atoms with E-state index < -0.39 is 11.9 Å². The molecule has 0 fully saturated rings. The summed E-state index contributed by atoms with van der Waals surface area (Å²) in [6, 6.07) is 12.5. The Labute approximate surface area is 142 Å². The SMILES string of the molecule is CCCOc1c(CC(C(=O)O)c2ccc(N)cc2)cccc1OC. The largest absolute Gasteiger partial charge is 0.493 e. The molecule has 0 heterocycles. The van der Waals surface area contributed by atoms with Gasteiger partial charge >= 0.3 is 5.97 Å². The minimum Gasteiger partial charge on any atom is -0.493 e. The second-order valence-corrected chi connectivity index (χ2v) is 5.56. The molecular formula is C19H23NO4. The van der Waals surface area contributed by atoms with Gasteiger partial charge in [-0.05, 0) is 42.2 Å². The van der Waals surface area contributed by atoms with Crippen molar-refractivity contribution in [1.82, 2.24) is 0 Å². The topological polar surface area (TPSA) is 81.8 Å². The number of anilines is 1. The minimum atomic E-state index is -0.885. The van der Waals surface area contributed by atoms with E-state index in [2.05, 4.69) is 0 Å². The smallest absolute Gasteiger partial charge is 0.311 e. The number of nitrogens with two attached hydrogens (primary N) is 1. The molecule has 5 nitrogen and oxygen atoms in total. The van der Waals surface area contributed by atoms with Crippen LogP contribution >= 0.6 is 0 Å². The lowest BCUT2D eigenvalue weighted by molar-refractivity contribution is -0.138. The normalized spacial score (nSPS) is 11.8. The lowest BCUT2D eigenvalue weighted by atomic mass is 9.91. The third-order valence-electron chi connectivity index (χ3n) is 3.79. The summed E-state index contributed by atoms with van der Waals surface area (Å²) in [6.07, 6.45) is 1.17. The number of para-hydroxylation sites is 1. The summed E-state index contributed by atoms with van der Waals surface area (Å²) in [5.41, 5.74) is 7.82. The quantitative estimate of drug-likeness (QED) is 0.725. The fourth-order valence-electron chi connectivity index (χ4n) is 2.55. The third-order valence-corrected chi connectivity index (χ3v) is 3.79. The zero-order valence-electron chi connectivity index (χ0n) is 14.0. The van der Waals surface area contributed by atoms with E-state index >= 15 is 0 Å². The molecule has 2 rings (SSSR count). The number of carboxylic acid groups (broad SMARTS) is 1. The molecule has 0 spiro atoms. The van der Waals surface area contributed by atoms with E-state index in [0.717, 1.165) is 12.0 Å². The van der Waals surface area contributed by atoms with Gasteiger partial charge in [-0.15, -0.1) is 0 Å². The standard InChI is InChI=1S/C19H23NO4/c1-3-11-24-18-14(5-4-6-17(18)23-2)12-16(19(21)22)13-7-9-15(20)10-8-13/h4-10,16H,3,11-12,20H2,1-2H3,(H,21,22). The molecule has 0 amide bonds. The Hall–Kier alpha value is -2.69. The molecule has 24 heavy (non-hydrogen) atoms. The number of carboxylic acids is 1. The van der Waals surface area contributed by atoms with Gasteiger partial charge in [0, 0.05) is 5.69 Å². The van der Waals surface area contributed by atoms with Crippen LogP contribution in [-0.2, 0) is 11.2 Å². The lowest BCUT2D eigenvalue weighted by Gasteiger charge is -2.18. The van der Waals surface area contributed by atoms with Crippen molar-refractivity contribution in [2.75, 3.05) is 19.5 Å². The summed E-state index contributed by atoms with van der Waals surface area (Å²) in [5, 5.41) is 9.65. The number of benzene rings is 2. The fourth-order valence-corrected chi connectivity index (χ4v) is 2.55. The number of carbonyl (C=O) groups is 1. The van der Waals surface area contributed by atoms with Crippen molar-refractivity contribution in [3.8, 4) is 11.5 Å². The van der Waals surface area contributed by atoms with Crippen molar-refractivity contribution in [2.24, 2.45) is 0 Å². The van der Waals surface area contributed by atoms with Crippen LogP contribution in [0, 0.1) is 0 Å². The van der Waals surface area contributed by atoms with E-state index in [1.807, 2.05) is 25.1 Å². The van der Waals surface area contributed by atoms with E-state index in [0.29, 0.717) is 35.8 Å². The Morgan fingerprint density at radius 2 is 1.92 bits per heavy atom. The summed E-state index contributed by atoms with van der Waals surface area (Å²) in [6.45, 7) is 2.57. The van der Waals surface area contributed by atoms with Crippen molar-refractivity contribution >= 4 is 11.7 Å². The highest BCUT2D eigenvalue weighted by Crippen LogP contribution is 2.35. The summed E-state index contributed by atoms with van der Waals surface area (Å²) >= 11 is 0. The molecule has 3 N–H and O–H groups in total. The van der Waals surface area contributed by atoms with Crippen LogP contribution in [0.2, 0.25) is 0 Å². The predicted octanol–water partition coefficient (Wildman–Crippen LogP) is 3.48. The molecule has 0 aromatic heterocycles. The second kappa shape index (κ2) is 8.24. The Morgan fingerprint density at radius 1 is 1.21 bits per heavy atom. The van der Waals surface area contributed by atoms with Gasteiger partial charge in [0.05, 0.1) is 19.6 Å². The number of hydrogen-bond donors (Lipinski definition) is 2. The first kappa shape index (κ1) is 17.7. The lowest BCUT2D eigenvalue weighted by Crippen LogP contribution is -2.15. The van der Waals surface area contributed by atoms with Crippen molar-refractivity contribution < 1.29 is 19.4 Å². The maximum absolute atomic E-state index is 11.8. The average molecular weight is 329 g/mol. The van der Waals surface area contributed by atoms with Gasteiger partial charge in [-0.25, -0.2) is 0 Å². The number of ether oxygens (including phenoxy) is 2. The summed E-state index contributed by atoms with van der Waals surface area (Å²) in [4.78, 5) is 11.8. The molecule has 0 bridgehead atoms. The maximum Gasteiger partial charge on any atom is 0.311 e. The molecule has 0 saturated carbocycles. The zero-order chi connectivity index (χ0) is 17.5. The van der Waals surface area contributed by atoms with Gasteiger partial charge < -0.3 is 20.3 Å². The van der Waals surface area contributed by atoms with Gasteiger partial charge in [0.15, 0.2) is 11.5 Å². The first-order chi connectivity index (χ1) is 11.6. The van der Waals surface area contributed by atoms with Crippen molar-refractivity contribution in [1.29, 1.82) is 0 Å². The average Bonchev–Trinajstić information content (AvgIpc) is 2.58. The molecule has 0 aliphatic carbocycles. The van der Waals surface area contributed by atoms with Crippen molar-refractivity contribution in [3.05, 3.63) is 53.6 Å². The molecule has 128 valence electrons. The number of aliphatic carboxylic acids is 1. The highest BCUT2D eigenvalue weighted by Gasteiger charge is 2.23. The van der Waals surface area contributed by atoms with Crippen LogP contribution in [0.5, 0.6) is 11.5 Å². The minimum absolute atomic E-state index is 0.315. The van der Waals surface area contributed by atoms with E-state index in [1.54, 1.807) is 31.4 Å². The fraction of sp³-hybridized carbons (Fsp3) is 0.316. The van der Waals surface area contributed by atoms with Gasteiger partial charge in [-0.3, -0.25) is 4.79 Å². The Bertz CT molecular complexity index is 682. The van der Waals surface area contributed by atoms with Gasteiger partial charge in [0.2, 0.25) is 0 Å². The van der Waals surface area contributed by atoms with Gasteiger partial charge in [-0.2, -0.15) is 0 Å². The molecule has 0 aliphatic rings. The second-order valence-electron chi connectivity index (χ2n) is 5.56. The Morgan fingerprint density at radius 3 is 2.50 bits per heavy atom. The number of nitrogen functional groups attached to an aromatic ring is 1. The molecule has 0 saturated heterocycles. The first-order valence-corrected chi connectivity index (χ1v) is 7.93. The molecular weight excluding hydrogens is 306 g/mol. The number of methoxy groups -OCH3 is 1. The van der Waals surface area contributed by atoms with Crippen LogP contribution in [0.3, 0.4) is 0 Å². The molecule has 2 aromatic carbocycles. The van der Waals surface area contributed by atoms with E-state index in [1.165, 1.54) is 0 Å². The Balaban J connectivity index is 2.35. The number of hydrogen-bond acceptors (Lipinski definition) is 4. The zero-order valence-corrected chi connectivity index (χ0v) is 14.0. The molecule has 2 aromatic rings. The van der Waals surface area contributed by atoms with Crippen LogP contribution in [0.1, 0.15) is 30.4 Å². The van der Waals surface area contributed by atoms with Crippen LogP contribution < -0.4 is 15.2 Å². The summed E-state index contributed by atoms with van der Waals surface area (Å²) < 4.78 is 11.2. The van der Waals surface area contributed by atoms with Crippen LogP contribution in [0.25, 0.3) is 0 Å². The molecule has 1 atom stereocenters. The van der Waals surface area contributed by atoms with E-state index in [-0.39, 0.29) is 0 Å². The van der Waals surface area contributed by atoms with Crippen molar-refractivity contribution in [3.63, 3.8) is 0 Å². The van der Waals surface area contributed by atoms with E-state index in [4.69, 9.17) is 15.2 Å². The maximum atomic E-state index is 11.8. The molecule has 5 heteroatoms. The van der Waals surface area contributed by atoms with Crippen LogP contribution in [0.4, 0.5) is 5.69 Å². The van der Waals surface area contributed by atoms with Gasteiger partial charge in [0.1, 0.15) is 0 Å².